The predicted octanol–water partition coefficient (Wildman–Crippen LogP) is 3.07. The predicted molar refractivity (Wildman–Crippen MR) is 68.0 cm³/mol. The highest BCUT2D eigenvalue weighted by molar-refractivity contribution is 6.06. The van der Waals surface area contributed by atoms with E-state index in [2.05, 4.69) is 4.98 Å². The Kier molecular flexibility index (Phi) is 3.79. The fourth-order valence-corrected chi connectivity index (χ4v) is 1.59. The van der Waals surface area contributed by atoms with E-state index in [1.54, 1.807) is 0 Å². The van der Waals surface area contributed by atoms with E-state index in [4.69, 9.17) is 5.73 Å². The molecule has 2 rings (SSSR count). The number of nitrogen functional groups attached to an aromatic ring is 1. The number of rotatable bonds is 2. The number of nitrogens with one attached hydrogen (secondary N) is 1. The lowest BCUT2D eigenvalue weighted by atomic mass is 10.2. The second-order valence-electron chi connectivity index (χ2n) is 4.09. The summed E-state index contributed by atoms with van der Waals surface area (Å²) in [6.45, 7) is 0. The van der Waals surface area contributed by atoms with Gasteiger partial charge in [0.05, 0.1) is 16.9 Å². The molecule has 1 aromatic heterocycles. The zero-order valence-electron chi connectivity index (χ0n) is 10.4. The molecule has 0 unspecified atom stereocenters. The zero-order valence-corrected chi connectivity index (χ0v) is 10.4. The van der Waals surface area contributed by atoms with Crippen molar-refractivity contribution in [2.75, 3.05) is 11.1 Å². The second kappa shape index (κ2) is 5.39. The molecule has 1 amide bonds. The molecule has 4 nitrogen and oxygen atoms in total. The van der Waals surface area contributed by atoms with Crippen molar-refractivity contribution in [3.8, 4) is 0 Å². The minimum Gasteiger partial charge on any atom is -0.397 e. The van der Waals surface area contributed by atoms with Crippen LogP contribution in [0.15, 0.2) is 36.5 Å². The van der Waals surface area contributed by atoms with E-state index in [9.17, 15) is 22.4 Å². The highest BCUT2D eigenvalue weighted by Crippen LogP contribution is 2.31. The van der Waals surface area contributed by atoms with Gasteiger partial charge in [-0.05, 0) is 30.3 Å². The fraction of sp³-hybridized carbons (Fsp3) is 0.0769. The van der Waals surface area contributed by atoms with Crippen LogP contribution in [-0.2, 0) is 6.18 Å². The van der Waals surface area contributed by atoms with Gasteiger partial charge in [0.25, 0.3) is 5.91 Å². The van der Waals surface area contributed by atoms with Crippen LogP contribution in [0.5, 0.6) is 0 Å². The monoisotopic (exact) mass is 299 g/mol. The van der Waals surface area contributed by atoms with E-state index in [0.717, 1.165) is 0 Å². The topological polar surface area (TPSA) is 68.0 Å². The standard InChI is InChI=1S/C13H9F4N3O/c14-8-4-3-7(13(15,16)17)6-10(8)20-12(21)11-9(18)2-1-5-19-11/h1-6H,18H2,(H,20,21). The van der Waals surface area contributed by atoms with Gasteiger partial charge in [0.2, 0.25) is 0 Å². The van der Waals surface area contributed by atoms with E-state index in [0.29, 0.717) is 18.2 Å². The number of nitrogens with zero attached hydrogens (tertiary/aromatic N) is 1. The van der Waals surface area contributed by atoms with Crippen molar-refractivity contribution in [3.63, 3.8) is 0 Å². The van der Waals surface area contributed by atoms with Gasteiger partial charge in [-0.1, -0.05) is 0 Å². The third kappa shape index (κ3) is 3.28. The summed E-state index contributed by atoms with van der Waals surface area (Å²) < 4.78 is 51.2. The third-order valence-corrected chi connectivity index (χ3v) is 2.60. The van der Waals surface area contributed by atoms with Crippen LogP contribution in [-0.4, -0.2) is 10.9 Å². The number of carbonyl (C=O) groups excluding carboxylic acids is 1. The minimum atomic E-state index is -4.64. The number of nitrogens with two attached hydrogens (primary N) is 1. The summed E-state index contributed by atoms with van der Waals surface area (Å²) in [6.07, 6.45) is -3.36. The SMILES string of the molecule is Nc1cccnc1C(=O)Nc1cc(C(F)(F)F)ccc1F. The molecule has 110 valence electrons. The van der Waals surface area contributed by atoms with E-state index in [1.165, 1.54) is 18.3 Å². The van der Waals surface area contributed by atoms with Gasteiger partial charge in [0.1, 0.15) is 5.82 Å². The highest BCUT2D eigenvalue weighted by atomic mass is 19.4. The smallest absolute Gasteiger partial charge is 0.397 e. The van der Waals surface area contributed by atoms with Crippen LogP contribution in [0.4, 0.5) is 28.9 Å². The van der Waals surface area contributed by atoms with Crippen molar-refractivity contribution in [1.82, 2.24) is 4.98 Å². The number of halogens is 4. The maximum Gasteiger partial charge on any atom is 0.416 e. The maximum atomic E-state index is 13.5. The minimum absolute atomic E-state index is 0.0300. The summed E-state index contributed by atoms with van der Waals surface area (Å²) in [5.41, 5.74) is 3.67. The lowest BCUT2D eigenvalue weighted by molar-refractivity contribution is -0.137. The molecule has 0 atom stereocenters. The average Bonchev–Trinajstić information content (AvgIpc) is 2.40. The summed E-state index contributed by atoms with van der Waals surface area (Å²) in [5, 5.41) is 2.02. The van der Waals surface area contributed by atoms with E-state index in [1.807, 2.05) is 5.32 Å². The number of aromatic nitrogens is 1. The van der Waals surface area contributed by atoms with Gasteiger partial charge in [-0.2, -0.15) is 13.2 Å². The molecule has 0 fully saturated rings. The zero-order chi connectivity index (χ0) is 15.6. The quantitative estimate of drug-likeness (QED) is 0.837. The van der Waals surface area contributed by atoms with Crippen molar-refractivity contribution in [1.29, 1.82) is 0 Å². The second-order valence-corrected chi connectivity index (χ2v) is 4.09. The molecule has 0 aliphatic carbocycles. The number of carbonyl (C=O) groups is 1. The van der Waals surface area contributed by atoms with Crippen molar-refractivity contribution < 1.29 is 22.4 Å². The molecule has 1 heterocycles. The van der Waals surface area contributed by atoms with Gasteiger partial charge in [-0.15, -0.1) is 0 Å². The molecule has 21 heavy (non-hydrogen) atoms. The molecule has 0 bridgehead atoms. The van der Waals surface area contributed by atoms with Crippen LogP contribution in [0.1, 0.15) is 16.1 Å². The van der Waals surface area contributed by atoms with Gasteiger partial charge in [-0.3, -0.25) is 4.79 Å². The largest absolute Gasteiger partial charge is 0.416 e. The van der Waals surface area contributed by atoms with Crippen molar-refractivity contribution in [2.24, 2.45) is 0 Å². The molecule has 0 aliphatic rings. The number of pyridine rings is 1. The first kappa shape index (κ1) is 14.8. The normalized spacial score (nSPS) is 11.2. The average molecular weight is 299 g/mol. The van der Waals surface area contributed by atoms with E-state index >= 15 is 0 Å². The van der Waals surface area contributed by atoms with Crippen LogP contribution in [0, 0.1) is 5.82 Å². The number of hydrogen-bond acceptors (Lipinski definition) is 3. The first-order valence-electron chi connectivity index (χ1n) is 5.67. The Labute approximate surface area is 116 Å². The molecule has 0 saturated carbocycles. The molecule has 3 N–H and O–H groups in total. The third-order valence-electron chi connectivity index (χ3n) is 2.60. The van der Waals surface area contributed by atoms with Crippen LogP contribution in [0.25, 0.3) is 0 Å². The summed E-state index contributed by atoms with van der Waals surface area (Å²) in [7, 11) is 0. The van der Waals surface area contributed by atoms with E-state index < -0.39 is 29.2 Å². The molecule has 0 aliphatic heterocycles. The van der Waals surface area contributed by atoms with E-state index in [-0.39, 0.29) is 11.4 Å². The van der Waals surface area contributed by atoms with Crippen molar-refractivity contribution >= 4 is 17.3 Å². The van der Waals surface area contributed by atoms with Crippen molar-refractivity contribution in [3.05, 3.63) is 53.6 Å². The summed E-state index contributed by atoms with van der Waals surface area (Å²) >= 11 is 0. The molecule has 0 saturated heterocycles. The van der Waals surface area contributed by atoms with Gasteiger partial charge in [0, 0.05) is 6.20 Å². The number of hydrogen-bond donors (Lipinski definition) is 2. The molecule has 1 aromatic carbocycles. The number of anilines is 2. The number of alkyl halides is 3. The highest BCUT2D eigenvalue weighted by Gasteiger charge is 2.31. The molecule has 0 spiro atoms. The number of amides is 1. The Morgan fingerprint density at radius 1 is 1.24 bits per heavy atom. The molecule has 2 aromatic rings. The number of benzene rings is 1. The maximum absolute atomic E-state index is 13.5. The first-order valence-corrected chi connectivity index (χ1v) is 5.67. The Morgan fingerprint density at radius 2 is 1.95 bits per heavy atom. The van der Waals surface area contributed by atoms with Crippen LogP contribution in [0.3, 0.4) is 0 Å². The van der Waals surface area contributed by atoms with Gasteiger partial charge in [0.15, 0.2) is 5.69 Å². The molecular weight excluding hydrogens is 290 g/mol. The molecule has 8 heteroatoms. The lowest BCUT2D eigenvalue weighted by Gasteiger charge is -2.11. The van der Waals surface area contributed by atoms with Gasteiger partial charge < -0.3 is 11.1 Å². The Hall–Kier alpha value is -2.64. The molecular formula is C13H9F4N3O. The van der Waals surface area contributed by atoms with Crippen LogP contribution in [0.2, 0.25) is 0 Å². The van der Waals surface area contributed by atoms with Crippen molar-refractivity contribution in [2.45, 2.75) is 6.18 Å². The Balaban J connectivity index is 2.31. The Bertz CT molecular complexity index is 685. The Morgan fingerprint density at radius 3 is 2.57 bits per heavy atom. The summed E-state index contributed by atoms with van der Waals surface area (Å²) in [5.74, 6) is -1.89. The van der Waals surface area contributed by atoms with Gasteiger partial charge >= 0.3 is 6.18 Å². The summed E-state index contributed by atoms with van der Waals surface area (Å²) in [6, 6.07) is 4.59. The fourth-order valence-electron chi connectivity index (χ4n) is 1.59. The van der Waals surface area contributed by atoms with Gasteiger partial charge in [-0.25, -0.2) is 9.37 Å². The molecule has 0 radical (unpaired) electrons. The first-order chi connectivity index (χ1) is 9.79. The summed E-state index contributed by atoms with van der Waals surface area (Å²) in [4.78, 5) is 15.5. The van der Waals surface area contributed by atoms with Crippen LogP contribution >= 0.6 is 0 Å². The van der Waals surface area contributed by atoms with Crippen LogP contribution < -0.4 is 11.1 Å². The lowest BCUT2D eigenvalue weighted by Crippen LogP contribution is -2.17.